The van der Waals surface area contributed by atoms with E-state index in [4.69, 9.17) is 8.83 Å². The molecule has 0 aliphatic rings. The molecule has 0 N–H and O–H groups in total. The molecule has 0 bridgehead atoms. The van der Waals surface area contributed by atoms with Gasteiger partial charge in [-0.15, -0.1) is 10.2 Å². The lowest BCUT2D eigenvalue weighted by Crippen LogP contribution is -2.00. The van der Waals surface area contributed by atoms with Crippen LogP contribution in [0.4, 0.5) is 0 Å². The number of hydrogen-bond donors (Lipinski definition) is 0. The van der Waals surface area contributed by atoms with E-state index in [1.54, 1.807) is 0 Å². The summed E-state index contributed by atoms with van der Waals surface area (Å²) in [6.07, 6.45) is 0. The summed E-state index contributed by atoms with van der Waals surface area (Å²) in [5.41, 5.74) is 4.27. The molecule has 0 atom stereocenters. The van der Waals surface area contributed by atoms with Crippen LogP contribution in [0.15, 0.2) is 67.4 Å². The minimum absolute atomic E-state index is 0.355. The van der Waals surface area contributed by atoms with Crippen molar-refractivity contribution in [1.29, 1.82) is 0 Å². The van der Waals surface area contributed by atoms with Gasteiger partial charge in [0.05, 0.1) is 0 Å². The van der Waals surface area contributed by atoms with Crippen molar-refractivity contribution in [3.05, 3.63) is 75.6 Å². The first kappa shape index (κ1) is 16.6. The molecule has 0 aliphatic heterocycles. The second-order valence-corrected chi connectivity index (χ2v) is 6.98. The Morgan fingerprint density at radius 3 is 2.54 bits per heavy atom. The van der Waals surface area contributed by atoms with Gasteiger partial charge in [0.2, 0.25) is 5.89 Å². The van der Waals surface area contributed by atoms with Gasteiger partial charge in [-0.3, -0.25) is 0 Å². The van der Waals surface area contributed by atoms with E-state index >= 15 is 0 Å². The van der Waals surface area contributed by atoms with Gasteiger partial charge in [-0.2, -0.15) is 0 Å². The summed E-state index contributed by atoms with van der Waals surface area (Å²) in [5, 5.41) is 9.57. The summed E-state index contributed by atoms with van der Waals surface area (Å²) in [6.45, 7) is 4.04. The molecule has 0 fully saturated rings. The van der Waals surface area contributed by atoms with Crippen LogP contribution in [-0.4, -0.2) is 10.2 Å². The fourth-order valence-corrected chi connectivity index (χ4v) is 3.46. The van der Waals surface area contributed by atoms with Gasteiger partial charge in [0.25, 0.3) is 5.22 Å². The number of nitrogens with zero attached hydrogens (tertiary/aromatic N) is 2. The first-order chi connectivity index (χ1) is 12.6. The van der Waals surface area contributed by atoms with E-state index in [9.17, 15) is 4.79 Å². The molecule has 0 radical (unpaired) electrons. The second-order valence-electron chi connectivity index (χ2n) is 6.05. The molecule has 2 aromatic heterocycles. The van der Waals surface area contributed by atoms with Crippen LogP contribution in [0.5, 0.6) is 0 Å². The molecule has 0 spiro atoms. The third-order valence-electron chi connectivity index (χ3n) is 4.22. The molecule has 6 heteroatoms. The summed E-state index contributed by atoms with van der Waals surface area (Å²) in [6, 6.07) is 15.1. The Bertz CT molecular complexity index is 1130. The Labute approximate surface area is 154 Å². The maximum Gasteiger partial charge on any atom is 0.336 e. The van der Waals surface area contributed by atoms with E-state index in [0.29, 0.717) is 22.4 Å². The number of fused-ring (bicyclic) bond motifs is 1. The number of aromatic nitrogens is 2. The monoisotopic (exact) mass is 364 g/mol. The first-order valence-electron chi connectivity index (χ1n) is 8.16. The molecule has 2 aromatic carbocycles. The van der Waals surface area contributed by atoms with Gasteiger partial charge in [-0.25, -0.2) is 4.79 Å². The third-order valence-corrected chi connectivity index (χ3v) is 5.09. The molecule has 0 saturated carbocycles. The van der Waals surface area contributed by atoms with E-state index in [2.05, 4.69) is 10.2 Å². The van der Waals surface area contributed by atoms with Crippen LogP contribution in [0.2, 0.25) is 0 Å². The number of hydrogen-bond acceptors (Lipinski definition) is 6. The summed E-state index contributed by atoms with van der Waals surface area (Å²) in [4.78, 5) is 11.9. The van der Waals surface area contributed by atoms with Crippen LogP contribution >= 0.6 is 11.8 Å². The lowest BCUT2D eigenvalue weighted by Gasteiger charge is -2.07. The Morgan fingerprint density at radius 2 is 1.73 bits per heavy atom. The highest BCUT2D eigenvalue weighted by atomic mass is 32.2. The molecular formula is C20H16N2O3S. The van der Waals surface area contributed by atoms with Crippen molar-refractivity contribution in [1.82, 2.24) is 10.2 Å². The molecule has 130 valence electrons. The molecule has 0 amide bonds. The van der Waals surface area contributed by atoms with E-state index in [1.165, 1.54) is 17.8 Å². The highest BCUT2D eigenvalue weighted by Crippen LogP contribution is 2.29. The van der Waals surface area contributed by atoms with Crippen LogP contribution in [0.3, 0.4) is 0 Å². The molecule has 0 aliphatic carbocycles. The van der Waals surface area contributed by atoms with Gasteiger partial charge in [-0.05, 0) is 54.8 Å². The second kappa shape index (κ2) is 6.80. The van der Waals surface area contributed by atoms with Crippen molar-refractivity contribution in [2.45, 2.75) is 24.8 Å². The molecule has 0 unspecified atom stereocenters. The Hall–Kier alpha value is -2.86. The molecule has 0 saturated heterocycles. The first-order valence-corrected chi connectivity index (χ1v) is 9.14. The fraction of sp³-hybridized carbons (Fsp3) is 0.150. The zero-order valence-electron chi connectivity index (χ0n) is 14.4. The highest BCUT2D eigenvalue weighted by Gasteiger charge is 2.12. The Kier molecular flexibility index (Phi) is 4.34. The van der Waals surface area contributed by atoms with Crippen LogP contribution < -0.4 is 5.63 Å². The molecule has 4 aromatic rings. The minimum Gasteiger partial charge on any atom is -0.423 e. The molecular weight excluding hydrogens is 348 g/mol. The standard InChI is InChI=1S/C20H16N2O3S/c1-12-8-16-15(10-18(23)24-17(16)9-13(12)2)11-26-20-22-21-19(25-20)14-6-4-3-5-7-14/h3-10H,11H2,1-2H3. The predicted octanol–water partition coefficient (Wildman–Crippen LogP) is 4.75. The maximum atomic E-state index is 11.9. The Balaban J connectivity index is 1.61. The van der Waals surface area contributed by atoms with Gasteiger partial charge in [0.1, 0.15) is 5.58 Å². The number of thioether (sulfide) groups is 1. The number of aryl methyl sites for hydroxylation is 2. The summed E-state index contributed by atoms with van der Waals surface area (Å²) < 4.78 is 11.1. The van der Waals surface area contributed by atoms with Crippen molar-refractivity contribution in [3.63, 3.8) is 0 Å². The fourth-order valence-electron chi connectivity index (χ4n) is 2.71. The normalized spacial score (nSPS) is 11.2. The lowest BCUT2D eigenvalue weighted by molar-refractivity contribution is 0.466. The van der Waals surface area contributed by atoms with Crippen LogP contribution in [0.25, 0.3) is 22.4 Å². The maximum absolute atomic E-state index is 11.9. The average molecular weight is 364 g/mol. The largest absolute Gasteiger partial charge is 0.423 e. The predicted molar refractivity (Wildman–Crippen MR) is 101 cm³/mol. The van der Waals surface area contributed by atoms with Crippen molar-refractivity contribution in [3.8, 4) is 11.5 Å². The van der Waals surface area contributed by atoms with E-state index in [-0.39, 0.29) is 5.63 Å². The number of benzene rings is 2. The van der Waals surface area contributed by atoms with Gasteiger partial charge in [0.15, 0.2) is 0 Å². The lowest BCUT2D eigenvalue weighted by atomic mass is 10.0. The summed E-state index contributed by atoms with van der Waals surface area (Å²) in [5.74, 6) is 1.03. The summed E-state index contributed by atoms with van der Waals surface area (Å²) >= 11 is 1.40. The van der Waals surface area contributed by atoms with E-state index in [1.807, 2.05) is 56.3 Å². The zero-order valence-corrected chi connectivity index (χ0v) is 15.2. The van der Waals surface area contributed by atoms with Gasteiger partial charge < -0.3 is 8.83 Å². The molecule has 2 heterocycles. The molecule has 26 heavy (non-hydrogen) atoms. The smallest absolute Gasteiger partial charge is 0.336 e. The van der Waals surface area contributed by atoms with E-state index < -0.39 is 0 Å². The van der Waals surface area contributed by atoms with Crippen molar-refractivity contribution in [2.24, 2.45) is 0 Å². The minimum atomic E-state index is -0.355. The number of rotatable bonds is 4. The topological polar surface area (TPSA) is 69.1 Å². The van der Waals surface area contributed by atoms with Crippen LogP contribution in [0, 0.1) is 13.8 Å². The van der Waals surface area contributed by atoms with Crippen molar-refractivity contribution >= 4 is 22.7 Å². The van der Waals surface area contributed by atoms with Gasteiger partial charge in [-0.1, -0.05) is 30.0 Å². The third kappa shape index (κ3) is 3.28. The van der Waals surface area contributed by atoms with Crippen LogP contribution in [-0.2, 0) is 5.75 Å². The Morgan fingerprint density at radius 1 is 0.962 bits per heavy atom. The highest BCUT2D eigenvalue weighted by molar-refractivity contribution is 7.98. The van der Waals surface area contributed by atoms with Crippen molar-refractivity contribution in [2.75, 3.05) is 0 Å². The van der Waals surface area contributed by atoms with Crippen molar-refractivity contribution < 1.29 is 8.83 Å². The van der Waals surface area contributed by atoms with Gasteiger partial charge in [0, 0.05) is 22.8 Å². The average Bonchev–Trinajstić information content (AvgIpc) is 3.11. The van der Waals surface area contributed by atoms with E-state index in [0.717, 1.165) is 27.6 Å². The van der Waals surface area contributed by atoms with Crippen LogP contribution in [0.1, 0.15) is 16.7 Å². The summed E-state index contributed by atoms with van der Waals surface area (Å²) in [7, 11) is 0. The molecule has 4 rings (SSSR count). The van der Waals surface area contributed by atoms with Gasteiger partial charge >= 0.3 is 5.63 Å². The molecule has 5 nitrogen and oxygen atoms in total. The SMILES string of the molecule is Cc1cc2oc(=O)cc(CSc3nnc(-c4ccccc4)o3)c2cc1C. The zero-order chi connectivity index (χ0) is 18.1. The quantitative estimate of drug-likeness (QED) is 0.384.